The molecule has 0 saturated heterocycles. The van der Waals surface area contributed by atoms with E-state index in [0.717, 1.165) is 18.4 Å². The summed E-state index contributed by atoms with van der Waals surface area (Å²) in [4.78, 5) is 10.6. The fourth-order valence-corrected chi connectivity index (χ4v) is 3.18. The van der Waals surface area contributed by atoms with Gasteiger partial charge in [-0.05, 0) is 24.7 Å². The molecule has 1 aliphatic rings. The summed E-state index contributed by atoms with van der Waals surface area (Å²) < 4.78 is 0. The normalized spacial score (nSPS) is 19.7. The maximum absolute atomic E-state index is 11.0. The Hall–Kier alpha value is -1.09. The first-order valence-corrected chi connectivity index (χ1v) is 6.83. The number of benzene rings is 1. The predicted octanol–water partition coefficient (Wildman–Crippen LogP) is 4.33. The number of nitro benzene ring substituents is 1. The summed E-state index contributed by atoms with van der Waals surface area (Å²) >= 11 is 6.52. The van der Waals surface area contributed by atoms with Gasteiger partial charge in [0.05, 0.1) is 4.92 Å². The molecule has 1 unspecified atom stereocenters. The number of rotatable bonds is 4. The third-order valence-electron chi connectivity index (χ3n) is 4.09. The second kappa shape index (κ2) is 5.27. The SMILES string of the molecule is CC1(C(Cl)Cc2ccccc2[N+](=O)[O-])CCCC1. The van der Waals surface area contributed by atoms with E-state index in [9.17, 15) is 10.1 Å². The number of para-hydroxylation sites is 1. The quantitative estimate of drug-likeness (QED) is 0.463. The summed E-state index contributed by atoms with van der Waals surface area (Å²) in [5.41, 5.74) is 1.06. The lowest BCUT2D eigenvalue weighted by molar-refractivity contribution is -0.385. The molecule has 0 aromatic heterocycles. The Kier molecular flexibility index (Phi) is 3.91. The van der Waals surface area contributed by atoms with E-state index < -0.39 is 0 Å². The lowest BCUT2D eigenvalue weighted by Crippen LogP contribution is -2.27. The molecule has 98 valence electrons. The van der Waals surface area contributed by atoms with Gasteiger partial charge in [-0.15, -0.1) is 11.6 Å². The minimum atomic E-state index is -0.323. The van der Waals surface area contributed by atoms with E-state index in [0.29, 0.717) is 6.42 Å². The van der Waals surface area contributed by atoms with Gasteiger partial charge >= 0.3 is 0 Å². The van der Waals surface area contributed by atoms with Crippen LogP contribution in [0.5, 0.6) is 0 Å². The summed E-state index contributed by atoms with van der Waals surface area (Å²) in [7, 11) is 0. The molecule has 1 aromatic rings. The van der Waals surface area contributed by atoms with Crippen molar-refractivity contribution in [3.05, 3.63) is 39.9 Å². The molecule has 3 nitrogen and oxygen atoms in total. The Morgan fingerprint density at radius 3 is 2.61 bits per heavy atom. The Bertz CT molecular complexity index is 441. The second-order valence-corrected chi connectivity index (χ2v) is 5.95. The van der Waals surface area contributed by atoms with Gasteiger partial charge in [0, 0.05) is 17.0 Å². The molecule has 1 fully saturated rings. The first-order chi connectivity index (χ1) is 8.53. The van der Waals surface area contributed by atoms with Gasteiger partial charge in [-0.3, -0.25) is 10.1 Å². The molecular formula is C14H18ClNO2. The zero-order chi connectivity index (χ0) is 13.2. The molecule has 18 heavy (non-hydrogen) atoms. The van der Waals surface area contributed by atoms with Crippen LogP contribution in [0.4, 0.5) is 5.69 Å². The van der Waals surface area contributed by atoms with Crippen LogP contribution in [-0.2, 0) is 6.42 Å². The van der Waals surface area contributed by atoms with E-state index in [4.69, 9.17) is 11.6 Å². The Labute approximate surface area is 112 Å². The second-order valence-electron chi connectivity index (χ2n) is 5.42. The number of hydrogen-bond acceptors (Lipinski definition) is 2. The average Bonchev–Trinajstić information content (AvgIpc) is 2.78. The maximum Gasteiger partial charge on any atom is 0.272 e. The van der Waals surface area contributed by atoms with Crippen LogP contribution < -0.4 is 0 Å². The van der Waals surface area contributed by atoms with Crippen LogP contribution in [0.2, 0.25) is 0 Å². The van der Waals surface area contributed by atoms with Gasteiger partial charge in [0.15, 0.2) is 0 Å². The van der Waals surface area contributed by atoms with Crippen molar-refractivity contribution in [2.45, 2.75) is 44.4 Å². The first kappa shape index (κ1) is 13.3. The molecule has 1 aliphatic carbocycles. The molecule has 2 rings (SSSR count). The molecule has 0 N–H and O–H groups in total. The summed E-state index contributed by atoms with van der Waals surface area (Å²) in [5, 5.41) is 10.9. The molecule has 0 amide bonds. The van der Waals surface area contributed by atoms with Crippen molar-refractivity contribution < 1.29 is 4.92 Å². The van der Waals surface area contributed by atoms with Crippen molar-refractivity contribution in [3.63, 3.8) is 0 Å². The number of alkyl halides is 1. The van der Waals surface area contributed by atoms with E-state index in [1.54, 1.807) is 12.1 Å². The van der Waals surface area contributed by atoms with Gasteiger partial charge < -0.3 is 0 Å². The van der Waals surface area contributed by atoms with Crippen LogP contribution in [0.15, 0.2) is 24.3 Å². The van der Waals surface area contributed by atoms with Crippen molar-refractivity contribution in [1.29, 1.82) is 0 Å². The van der Waals surface area contributed by atoms with Crippen LogP contribution in [0.3, 0.4) is 0 Å². The number of nitro groups is 1. The molecule has 0 heterocycles. The van der Waals surface area contributed by atoms with Crippen molar-refractivity contribution in [3.8, 4) is 0 Å². The molecule has 4 heteroatoms. The van der Waals surface area contributed by atoms with Crippen LogP contribution in [0, 0.1) is 15.5 Å². The first-order valence-electron chi connectivity index (χ1n) is 6.39. The van der Waals surface area contributed by atoms with Crippen LogP contribution in [-0.4, -0.2) is 10.3 Å². The van der Waals surface area contributed by atoms with E-state index in [2.05, 4.69) is 6.92 Å². The van der Waals surface area contributed by atoms with Gasteiger partial charge in [0.25, 0.3) is 5.69 Å². The lowest BCUT2D eigenvalue weighted by atomic mass is 9.82. The van der Waals surface area contributed by atoms with Crippen molar-refractivity contribution >= 4 is 17.3 Å². The average molecular weight is 268 g/mol. The fraction of sp³-hybridized carbons (Fsp3) is 0.571. The van der Waals surface area contributed by atoms with Crippen LogP contribution >= 0.6 is 11.6 Å². The largest absolute Gasteiger partial charge is 0.272 e. The van der Waals surface area contributed by atoms with Gasteiger partial charge in [-0.2, -0.15) is 0 Å². The minimum absolute atomic E-state index is 0.0268. The van der Waals surface area contributed by atoms with E-state index >= 15 is 0 Å². The highest BCUT2D eigenvalue weighted by Gasteiger charge is 2.36. The minimum Gasteiger partial charge on any atom is -0.258 e. The molecule has 1 saturated carbocycles. The van der Waals surface area contributed by atoms with Crippen LogP contribution in [0.1, 0.15) is 38.2 Å². The smallest absolute Gasteiger partial charge is 0.258 e. The van der Waals surface area contributed by atoms with Crippen molar-refractivity contribution in [2.24, 2.45) is 5.41 Å². The number of hydrogen-bond donors (Lipinski definition) is 0. The Balaban J connectivity index is 2.16. The van der Waals surface area contributed by atoms with Crippen molar-refractivity contribution in [1.82, 2.24) is 0 Å². The number of nitrogens with zero attached hydrogens (tertiary/aromatic N) is 1. The summed E-state index contributed by atoms with van der Waals surface area (Å²) in [6.45, 7) is 2.20. The molecule has 1 atom stereocenters. The zero-order valence-corrected chi connectivity index (χ0v) is 11.3. The van der Waals surface area contributed by atoms with Gasteiger partial charge in [0.1, 0.15) is 0 Å². The summed E-state index contributed by atoms with van der Waals surface area (Å²) in [6.07, 6.45) is 5.27. The highest BCUT2D eigenvalue weighted by atomic mass is 35.5. The van der Waals surface area contributed by atoms with E-state index in [1.807, 2.05) is 12.1 Å². The predicted molar refractivity (Wildman–Crippen MR) is 73.0 cm³/mol. The molecule has 0 aliphatic heterocycles. The monoisotopic (exact) mass is 267 g/mol. The van der Waals surface area contributed by atoms with Gasteiger partial charge in [-0.1, -0.05) is 38.0 Å². The molecular weight excluding hydrogens is 250 g/mol. The summed E-state index contributed by atoms with van der Waals surface area (Å²) in [6, 6.07) is 6.90. The standard InChI is InChI=1S/C14H18ClNO2/c1-14(8-4-5-9-14)13(15)10-11-6-2-3-7-12(11)16(17)18/h2-3,6-7,13H,4-5,8-10H2,1H3. The van der Waals surface area contributed by atoms with Gasteiger partial charge in [-0.25, -0.2) is 0 Å². The lowest BCUT2D eigenvalue weighted by Gasteiger charge is -2.29. The highest BCUT2D eigenvalue weighted by molar-refractivity contribution is 6.21. The third-order valence-corrected chi connectivity index (χ3v) is 4.77. The molecule has 0 radical (unpaired) electrons. The molecule has 1 aromatic carbocycles. The highest BCUT2D eigenvalue weighted by Crippen LogP contribution is 2.44. The topological polar surface area (TPSA) is 43.1 Å². The van der Waals surface area contributed by atoms with E-state index in [1.165, 1.54) is 12.8 Å². The third kappa shape index (κ3) is 2.66. The fourth-order valence-electron chi connectivity index (χ4n) is 2.80. The molecule has 0 spiro atoms. The number of halogens is 1. The van der Waals surface area contributed by atoms with Crippen molar-refractivity contribution in [2.75, 3.05) is 0 Å². The Morgan fingerprint density at radius 2 is 2.00 bits per heavy atom. The maximum atomic E-state index is 11.0. The van der Waals surface area contributed by atoms with Crippen LogP contribution in [0.25, 0.3) is 0 Å². The van der Waals surface area contributed by atoms with Gasteiger partial charge in [0.2, 0.25) is 0 Å². The zero-order valence-electron chi connectivity index (χ0n) is 10.6. The summed E-state index contributed by atoms with van der Waals surface area (Å²) in [5.74, 6) is 0. The van der Waals surface area contributed by atoms with E-state index in [-0.39, 0.29) is 21.4 Å². The Morgan fingerprint density at radius 1 is 1.39 bits per heavy atom. The molecule has 0 bridgehead atoms.